The zero-order valence-electron chi connectivity index (χ0n) is 15.8. The van der Waals surface area contributed by atoms with Gasteiger partial charge in [0.1, 0.15) is 5.82 Å². The van der Waals surface area contributed by atoms with Crippen LogP contribution in [0.3, 0.4) is 0 Å². The van der Waals surface area contributed by atoms with Crippen molar-refractivity contribution in [3.8, 4) is 17.1 Å². The van der Waals surface area contributed by atoms with E-state index >= 15 is 0 Å². The highest BCUT2D eigenvalue weighted by Gasteiger charge is 2.16. The van der Waals surface area contributed by atoms with E-state index in [1.54, 1.807) is 23.9 Å². The van der Waals surface area contributed by atoms with Crippen molar-refractivity contribution in [1.82, 2.24) is 14.8 Å². The van der Waals surface area contributed by atoms with Crippen molar-refractivity contribution in [2.75, 3.05) is 0 Å². The molecule has 140 valence electrons. The van der Waals surface area contributed by atoms with Gasteiger partial charge in [-0.15, -0.1) is 10.2 Å². The molecule has 5 heteroatoms. The summed E-state index contributed by atoms with van der Waals surface area (Å²) in [5, 5.41) is 9.66. The largest absolute Gasteiger partial charge is 0.270 e. The van der Waals surface area contributed by atoms with Gasteiger partial charge in [0.25, 0.3) is 0 Å². The van der Waals surface area contributed by atoms with Crippen LogP contribution >= 0.6 is 11.8 Å². The number of aromatic nitrogens is 3. The minimum atomic E-state index is -0.264. The van der Waals surface area contributed by atoms with Crippen LogP contribution in [0.4, 0.5) is 4.39 Å². The topological polar surface area (TPSA) is 30.7 Å². The number of rotatable bonds is 5. The second-order valence-corrected chi connectivity index (χ2v) is 7.70. The molecule has 0 atom stereocenters. The Morgan fingerprint density at radius 3 is 2.32 bits per heavy atom. The van der Waals surface area contributed by atoms with Crippen LogP contribution in [-0.2, 0) is 5.75 Å². The van der Waals surface area contributed by atoms with E-state index in [0.29, 0.717) is 5.82 Å². The zero-order valence-corrected chi connectivity index (χ0v) is 16.6. The van der Waals surface area contributed by atoms with E-state index in [1.165, 1.54) is 23.3 Å². The van der Waals surface area contributed by atoms with Gasteiger partial charge in [0.2, 0.25) is 0 Å². The molecule has 0 saturated carbocycles. The molecule has 0 aliphatic carbocycles. The van der Waals surface area contributed by atoms with Crippen LogP contribution < -0.4 is 0 Å². The lowest BCUT2D eigenvalue weighted by atomic mass is 10.2. The summed E-state index contributed by atoms with van der Waals surface area (Å²) >= 11 is 1.64. The Balaban J connectivity index is 1.73. The Hall–Kier alpha value is -2.92. The fraction of sp³-hybridized carbons (Fsp3) is 0.130. The summed E-state index contributed by atoms with van der Waals surface area (Å²) in [7, 11) is 0. The summed E-state index contributed by atoms with van der Waals surface area (Å²) in [5.74, 6) is 1.24. The fourth-order valence-electron chi connectivity index (χ4n) is 2.98. The lowest BCUT2D eigenvalue weighted by Crippen LogP contribution is -2.00. The average molecular weight is 389 g/mol. The van der Waals surface area contributed by atoms with Gasteiger partial charge < -0.3 is 0 Å². The molecule has 0 radical (unpaired) electrons. The van der Waals surface area contributed by atoms with Crippen molar-refractivity contribution in [2.45, 2.75) is 24.8 Å². The van der Waals surface area contributed by atoms with E-state index in [9.17, 15) is 4.39 Å². The molecule has 3 aromatic carbocycles. The van der Waals surface area contributed by atoms with E-state index in [2.05, 4.69) is 60.4 Å². The maximum absolute atomic E-state index is 13.4. The van der Waals surface area contributed by atoms with Crippen molar-refractivity contribution in [1.29, 1.82) is 0 Å². The monoisotopic (exact) mass is 389 g/mol. The SMILES string of the molecule is Cc1ccc(CSc2nnc(-c3ccc(F)cc3)n2-c2cccc(C)c2)cc1. The van der Waals surface area contributed by atoms with Gasteiger partial charge in [0.05, 0.1) is 0 Å². The van der Waals surface area contributed by atoms with Gasteiger partial charge in [-0.05, 0) is 61.4 Å². The molecule has 0 aliphatic rings. The van der Waals surface area contributed by atoms with Crippen LogP contribution in [0.25, 0.3) is 17.1 Å². The van der Waals surface area contributed by atoms with Crippen LogP contribution in [-0.4, -0.2) is 14.8 Å². The Bertz CT molecular complexity index is 1090. The van der Waals surface area contributed by atoms with Gasteiger partial charge in [-0.25, -0.2) is 4.39 Å². The number of hydrogen-bond donors (Lipinski definition) is 0. The fourth-order valence-corrected chi connectivity index (χ4v) is 3.89. The van der Waals surface area contributed by atoms with Crippen LogP contribution in [0.1, 0.15) is 16.7 Å². The molecule has 4 aromatic rings. The first-order valence-corrected chi connectivity index (χ1v) is 10.1. The minimum Gasteiger partial charge on any atom is -0.270 e. The third-order valence-electron chi connectivity index (χ3n) is 4.48. The molecule has 1 aromatic heterocycles. The summed E-state index contributed by atoms with van der Waals surface area (Å²) < 4.78 is 15.4. The molecule has 0 spiro atoms. The van der Waals surface area contributed by atoms with E-state index in [4.69, 9.17) is 0 Å². The molecule has 0 saturated heterocycles. The summed E-state index contributed by atoms with van der Waals surface area (Å²) in [5.41, 5.74) is 5.46. The summed E-state index contributed by atoms with van der Waals surface area (Å²) in [6.45, 7) is 4.14. The maximum atomic E-state index is 13.4. The molecule has 4 rings (SSSR count). The normalized spacial score (nSPS) is 11.0. The molecular formula is C23H20FN3S. The van der Waals surface area contributed by atoms with E-state index in [1.807, 2.05) is 16.7 Å². The maximum Gasteiger partial charge on any atom is 0.196 e. The molecule has 0 N–H and O–H groups in total. The van der Waals surface area contributed by atoms with Crippen molar-refractivity contribution >= 4 is 11.8 Å². The molecule has 28 heavy (non-hydrogen) atoms. The minimum absolute atomic E-state index is 0.264. The van der Waals surface area contributed by atoms with Gasteiger partial charge >= 0.3 is 0 Å². The van der Waals surface area contributed by atoms with Gasteiger partial charge in [0, 0.05) is 17.0 Å². The zero-order chi connectivity index (χ0) is 19.5. The van der Waals surface area contributed by atoms with E-state index in [0.717, 1.165) is 27.7 Å². The van der Waals surface area contributed by atoms with E-state index < -0.39 is 0 Å². The predicted octanol–water partition coefficient (Wildman–Crippen LogP) is 5.98. The first kappa shape index (κ1) is 18.4. The summed E-state index contributed by atoms with van der Waals surface area (Å²) in [6.07, 6.45) is 0. The predicted molar refractivity (Wildman–Crippen MR) is 112 cm³/mol. The number of aryl methyl sites for hydroxylation is 2. The lowest BCUT2D eigenvalue weighted by Gasteiger charge is -2.11. The van der Waals surface area contributed by atoms with Crippen LogP contribution in [0.5, 0.6) is 0 Å². The third kappa shape index (κ3) is 3.99. The molecule has 3 nitrogen and oxygen atoms in total. The highest BCUT2D eigenvalue weighted by atomic mass is 32.2. The number of nitrogens with zero attached hydrogens (tertiary/aromatic N) is 3. The van der Waals surface area contributed by atoms with Gasteiger partial charge in [-0.2, -0.15) is 0 Å². The Kier molecular flexibility index (Phi) is 5.26. The standard InChI is InChI=1S/C23H20FN3S/c1-16-6-8-18(9-7-16)15-28-23-26-25-22(19-10-12-20(24)13-11-19)27(23)21-5-3-4-17(2)14-21/h3-14H,15H2,1-2H3. The highest BCUT2D eigenvalue weighted by Crippen LogP contribution is 2.30. The molecule has 0 aliphatic heterocycles. The number of thioether (sulfide) groups is 1. The number of halogens is 1. The second kappa shape index (κ2) is 7.98. The molecule has 0 fully saturated rings. The van der Waals surface area contributed by atoms with Crippen LogP contribution in [0.15, 0.2) is 78.0 Å². The first-order valence-electron chi connectivity index (χ1n) is 9.07. The molecular weight excluding hydrogens is 369 g/mol. The Labute approximate surface area is 168 Å². The smallest absolute Gasteiger partial charge is 0.196 e. The van der Waals surface area contributed by atoms with Crippen molar-refractivity contribution < 1.29 is 4.39 Å². The van der Waals surface area contributed by atoms with E-state index in [-0.39, 0.29) is 5.82 Å². The molecule has 1 heterocycles. The van der Waals surface area contributed by atoms with Gasteiger partial charge in [-0.1, -0.05) is 53.7 Å². The lowest BCUT2D eigenvalue weighted by molar-refractivity contribution is 0.628. The van der Waals surface area contributed by atoms with Gasteiger partial charge in [-0.3, -0.25) is 4.57 Å². The first-order chi connectivity index (χ1) is 13.6. The Morgan fingerprint density at radius 1 is 0.857 bits per heavy atom. The molecule has 0 amide bonds. The Morgan fingerprint density at radius 2 is 1.61 bits per heavy atom. The quantitative estimate of drug-likeness (QED) is 0.393. The third-order valence-corrected chi connectivity index (χ3v) is 5.48. The second-order valence-electron chi connectivity index (χ2n) is 6.76. The highest BCUT2D eigenvalue weighted by molar-refractivity contribution is 7.98. The number of hydrogen-bond acceptors (Lipinski definition) is 3. The summed E-state index contributed by atoms with van der Waals surface area (Å²) in [6, 6.07) is 23.1. The van der Waals surface area contributed by atoms with Crippen molar-refractivity contribution in [2.24, 2.45) is 0 Å². The average Bonchev–Trinajstić information content (AvgIpc) is 3.12. The van der Waals surface area contributed by atoms with Crippen LogP contribution in [0, 0.1) is 19.7 Å². The van der Waals surface area contributed by atoms with Crippen LogP contribution in [0.2, 0.25) is 0 Å². The molecule has 0 unspecified atom stereocenters. The van der Waals surface area contributed by atoms with Gasteiger partial charge in [0.15, 0.2) is 11.0 Å². The molecule has 0 bridgehead atoms. The van der Waals surface area contributed by atoms with Crippen molar-refractivity contribution in [3.63, 3.8) is 0 Å². The number of benzene rings is 3. The summed E-state index contributed by atoms with van der Waals surface area (Å²) in [4.78, 5) is 0. The van der Waals surface area contributed by atoms with Crippen molar-refractivity contribution in [3.05, 3.63) is 95.3 Å².